The molecule has 143 heavy (non-hydrogen) atoms. The number of fused-ring (bicyclic) bond motifs is 3. The molecule has 0 aromatic heterocycles. The number of carbonyl (C=O) groups is 19. The number of morpholine rings is 1. The van der Waals surface area contributed by atoms with Crippen LogP contribution in [0.5, 0.6) is 0 Å². The van der Waals surface area contributed by atoms with Crippen LogP contribution in [0.25, 0.3) is 0 Å². The molecule has 0 bridgehead atoms. The van der Waals surface area contributed by atoms with E-state index in [1.807, 2.05) is 132 Å². The molecule has 20 amide bonds. The lowest BCUT2D eigenvalue weighted by molar-refractivity contribution is -0.159. The molecule has 6 saturated heterocycles. The van der Waals surface area contributed by atoms with Crippen molar-refractivity contribution < 1.29 is 101 Å². The van der Waals surface area contributed by atoms with Gasteiger partial charge in [-0.1, -0.05) is 204 Å². The molecule has 5 aliphatic carbocycles. The summed E-state index contributed by atoms with van der Waals surface area (Å²) in [7, 11) is 1.76. The number of cyclic esters (lactones) is 1. The number of piperidine rings is 3. The van der Waals surface area contributed by atoms with Gasteiger partial charge in [-0.15, -0.1) is 25.5 Å². The minimum absolute atomic E-state index is 0.0443. The summed E-state index contributed by atoms with van der Waals surface area (Å²) in [6.07, 6.45) is 14.0. The molecule has 11 aliphatic rings. The number of nitrogens with one attached hydrogen (secondary N) is 11. The number of rotatable bonds is 37. The Labute approximate surface area is 843 Å². The van der Waals surface area contributed by atoms with Gasteiger partial charge in [0.15, 0.2) is 0 Å². The van der Waals surface area contributed by atoms with Crippen LogP contribution in [0.15, 0.2) is 25.3 Å². The predicted octanol–water partition coefficient (Wildman–Crippen LogP) is 5.04. The third kappa shape index (κ3) is 28.5. The molecule has 40 heteroatoms. The average molecular weight is 2000 g/mol. The highest BCUT2D eigenvalue weighted by Crippen LogP contribution is 2.67. The van der Waals surface area contributed by atoms with Crippen molar-refractivity contribution in [3.05, 3.63) is 25.3 Å². The summed E-state index contributed by atoms with van der Waals surface area (Å²) in [5, 5.41) is 30.8. The Morgan fingerprint density at radius 3 is 1.12 bits per heavy atom. The fourth-order valence-electron chi connectivity index (χ4n) is 20.8. The molecule has 796 valence electrons. The lowest BCUT2D eigenvalue weighted by Gasteiger charge is -2.41. The zero-order valence-electron chi connectivity index (χ0n) is 88.9. The summed E-state index contributed by atoms with van der Waals surface area (Å²) in [4.78, 5) is 262. The Morgan fingerprint density at radius 2 is 0.790 bits per heavy atom. The van der Waals surface area contributed by atoms with E-state index in [1.54, 1.807) is 47.4 Å². The largest absolute Gasteiger partial charge is 0.449 e. The summed E-state index contributed by atoms with van der Waals surface area (Å²) in [6, 6.07) is -12.3. The molecule has 0 aromatic carbocycles. The van der Waals surface area contributed by atoms with Crippen molar-refractivity contribution in [1.82, 2.24) is 92.8 Å². The molecule has 18 atom stereocenters. The number of likely N-dealkylation sites (tertiary alicyclic amines) is 3. The Kier molecular flexibility index (Phi) is 36.4. The molecule has 40 nitrogen and oxygen atoms in total. The number of terminal acetylenes is 1. The monoisotopic (exact) mass is 2000 g/mol. The number of primary amides is 1. The topological polar surface area (TPSA) is 524 Å². The summed E-state index contributed by atoms with van der Waals surface area (Å²) in [5.41, 5.74) is 1.03. The van der Waals surface area contributed by atoms with Gasteiger partial charge in [0.05, 0.1) is 42.9 Å². The number of hydrogen-bond donors (Lipinski definition) is 12. The molecule has 0 aromatic rings. The van der Waals surface area contributed by atoms with Crippen molar-refractivity contribution in [1.29, 1.82) is 0 Å². The van der Waals surface area contributed by atoms with E-state index in [2.05, 4.69) is 91.4 Å². The summed E-state index contributed by atoms with van der Waals surface area (Å²) in [5.74, 6) is -6.28. The first-order chi connectivity index (χ1) is 66.1. The smallest absolute Gasteiger partial charge is 0.409 e. The van der Waals surface area contributed by atoms with Crippen molar-refractivity contribution in [2.45, 2.75) is 303 Å². The van der Waals surface area contributed by atoms with E-state index in [0.717, 1.165) is 37.0 Å². The van der Waals surface area contributed by atoms with Crippen LogP contribution in [0.4, 0.5) is 24.0 Å². The first-order valence-electron chi connectivity index (χ1n) is 50.6. The molecule has 13 N–H and O–H groups in total. The zero-order chi connectivity index (χ0) is 107. The minimum atomic E-state index is -1.17. The van der Waals surface area contributed by atoms with Gasteiger partial charge in [0.1, 0.15) is 49.5 Å². The van der Waals surface area contributed by atoms with Crippen molar-refractivity contribution in [2.75, 3.05) is 98.9 Å². The van der Waals surface area contributed by atoms with Gasteiger partial charge in [-0.25, -0.2) is 24.0 Å². The van der Waals surface area contributed by atoms with Crippen molar-refractivity contribution >= 4 is 113 Å². The Bertz CT molecular complexity index is 4880. The first-order valence-corrected chi connectivity index (χ1v) is 50.6. The Balaban J connectivity index is 0.000000239. The molecule has 11 rings (SSSR count). The molecular formula is C103H163N19O21. The molecule has 3 unspecified atom stereocenters. The number of amides is 20. The number of carbonyl (C=O) groups excluding carboxylic acids is 19. The van der Waals surface area contributed by atoms with Gasteiger partial charge in [0, 0.05) is 85.5 Å². The first kappa shape index (κ1) is 115. The van der Waals surface area contributed by atoms with Gasteiger partial charge < -0.3 is 103 Å². The molecule has 6 heterocycles. The molecule has 0 spiro atoms. The van der Waals surface area contributed by atoms with Gasteiger partial charge in [0.25, 0.3) is 29.5 Å². The lowest BCUT2D eigenvalue weighted by atomic mass is 9.84. The van der Waals surface area contributed by atoms with Gasteiger partial charge in [-0.3, -0.25) is 72.0 Å². The number of ether oxygens (including phenoxy) is 2. The number of imide groups is 1. The fraction of sp³-hybridized carbons (Fsp3) is 0.757. The second-order valence-corrected chi connectivity index (χ2v) is 49.2. The second-order valence-electron chi connectivity index (χ2n) is 49.2. The van der Waals surface area contributed by atoms with Crippen LogP contribution in [-0.2, 0) is 76.6 Å². The number of ketones is 3. The van der Waals surface area contributed by atoms with Crippen LogP contribution in [0.3, 0.4) is 0 Å². The second kappa shape index (κ2) is 45.2. The zero-order valence-corrected chi connectivity index (χ0v) is 88.9. The molecule has 6 aliphatic heterocycles. The highest BCUT2D eigenvalue weighted by atomic mass is 16.6. The third-order valence-corrected chi connectivity index (χ3v) is 30.8. The molecule has 11 fully saturated rings. The van der Waals surface area contributed by atoms with Crippen LogP contribution >= 0.6 is 0 Å². The van der Waals surface area contributed by atoms with E-state index in [4.69, 9.17) is 21.6 Å². The van der Waals surface area contributed by atoms with E-state index in [-0.39, 0.29) is 128 Å². The maximum absolute atomic E-state index is 14.4. The van der Waals surface area contributed by atoms with Gasteiger partial charge in [-0.05, 0) is 128 Å². The number of nitrogens with two attached hydrogens (primary N) is 1. The number of urea groups is 4. The fourth-order valence-corrected chi connectivity index (χ4v) is 20.8. The minimum Gasteiger partial charge on any atom is -0.449 e. The van der Waals surface area contributed by atoms with Crippen LogP contribution in [-0.4, -0.2) is 318 Å². The van der Waals surface area contributed by atoms with Crippen LogP contribution < -0.4 is 64.2 Å². The number of hydrogen-bond acceptors (Lipinski definition) is 21. The van der Waals surface area contributed by atoms with Gasteiger partial charge in [0.2, 0.25) is 52.8 Å². The van der Waals surface area contributed by atoms with E-state index in [1.165, 1.54) is 22.0 Å². The number of Topliss-reactive ketones (excluding diaryl/α,β-unsaturated/α-hetero) is 3. The van der Waals surface area contributed by atoms with Gasteiger partial charge >= 0.3 is 30.2 Å². The average Bonchev–Trinajstić information content (AvgIpc) is 1.53. The third-order valence-electron chi connectivity index (χ3n) is 30.8. The summed E-state index contributed by atoms with van der Waals surface area (Å²) in [6.45, 7) is 56.7. The Morgan fingerprint density at radius 1 is 0.455 bits per heavy atom. The van der Waals surface area contributed by atoms with Gasteiger partial charge in [-0.2, -0.15) is 0 Å². The highest BCUT2D eigenvalue weighted by molar-refractivity contribution is 6.39. The van der Waals surface area contributed by atoms with E-state index < -0.39 is 206 Å². The predicted molar refractivity (Wildman–Crippen MR) is 532 cm³/mol. The maximum Gasteiger partial charge on any atom is 0.409 e. The highest BCUT2D eigenvalue weighted by Gasteiger charge is 2.73. The van der Waals surface area contributed by atoms with Crippen LogP contribution in [0, 0.1) is 108 Å². The lowest BCUT2D eigenvalue weighted by Crippen LogP contribution is -2.63. The summed E-state index contributed by atoms with van der Waals surface area (Å²) >= 11 is 0. The standard InChI is InChI=1S/C36H57N7O6.C35H56N6O7.C32H50N6O8/c1-12-14-16-23(27(44)30(46)37-17-13-2)38-29(45)26-25-22(36(25,9)10)20-43(26)31(47)28(35(6,7)8)40-32(48)39-24(34(3,4)5)21-42-19-15-18-41(11)33(42)49;1-10-14-36-29(44)26(42)22(17-20-12-13-20)37-28(43)25-24-21(35(24,8)9)18-41(25)30(45)27(34(5,6)7)39-31(46)38-23(33(2,3)4)19-40-15-11-16-48-32(40)47;1-30(2,3)19(13-37-20(39)14-46-15-21(37)40)35-29(45)36-25(31(4,5)6)28(44)38-12-17-22(32(17,7)8)23(38)27(43)34-18(11-16-9-10-16)24(41)26(33)42/h1,13,22-26,28H,2,14-21H2,3-11H3,(H,37,46)(H,38,45)(H2,39,40,48);10,20-25,27H,1,11-19H2,2-9H3,(H,36,44)(H,37,43)(H2,38,39,46);16-19,22-23,25H,9-15H2,1-8H3,(H2,33,42)(H,34,43)(H2,35,36,45)/t22-,23?,24+,25-,26-,28+;21-,22?,23+,24-,25-,27+;17-,18?,19+,22-,23-,25+/m000/s1. The quantitative estimate of drug-likeness (QED) is 0.0168. The van der Waals surface area contributed by atoms with E-state index >= 15 is 0 Å². The SMILES string of the molecule is C#CCCC(NC(=O)[C@@H]1[C@@H]2[C@H](CN1C(=O)[C@@H](NC(=O)N[C@H](CN1CCCN(C)C1=O)C(C)(C)C)C(C)(C)C)C2(C)C)C(=O)C(=O)NCC=C.C=CCNC(=O)C(=O)C(CC1CC1)NC(=O)[C@@H]1[C@@H]2[C@H](CN1C(=O)[C@@H](NC(=O)N[C@H](CN1CCCOC1=O)C(C)(C)C)C(C)(C)C)C2(C)C.CC(C)(C)[C@H](NC(=O)N[C@H](CN1C(=O)COCC1=O)C(C)(C)C)C(=O)N1C[C@H]2[C@@H]([C@H]1C(=O)NC(CC1CC1)C(=O)C(N)=O)C2(C)C. The van der Waals surface area contributed by atoms with Crippen molar-refractivity contribution in [3.63, 3.8) is 0 Å². The maximum atomic E-state index is 14.4. The van der Waals surface area contributed by atoms with Crippen molar-refractivity contribution in [3.8, 4) is 12.3 Å². The molecular weight excluding hydrogens is 1840 g/mol. The number of nitrogens with zero attached hydrogens (tertiary/aromatic N) is 7. The van der Waals surface area contributed by atoms with Crippen molar-refractivity contribution in [2.24, 2.45) is 102 Å². The van der Waals surface area contributed by atoms with Crippen LogP contribution in [0.2, 0.25) is 0 Å². The van der Waals surface area contributed by atoms with E-state index in [0.29, 0.717) is 71.7 Å². The van der Waals surface area contributed by atoms with Crippen LogP contribution in [0.1, 0.15) is 230 Å². The molecule has 0 radical (unpaired) electrons. The Hall–Kier alpha value is -11.3. The normalized spacial score (nSPS) is 24.8. The summed E-state index contributed by atoms with van der Waals surface area (Å²) < 4.78 is 10.2. The van der Waals surface area contributed by atoms with E-state index in [9.17, 15) is 91.1 Å². The molecule has 5 saturated carbocycles.